The number of halogens is 2. The Labute approximate surface area is 161 Å². The van der Waals surface area contributed by atoms with Crippen LogP contribution in [0.1, 0.15) is 33.3 Å². The van der Waals surface area contributed by atoms with Gasteiger partial charge in [0.05, 0.1) is 4.47 Å². The number of piperazine rings is 1. The number of anilines is 1. The summed E-state index contributed by atoms with van der Waals surface area (Å²) < 4.78 is 19.5. The molecule has 26 heavy (non-hydrogen) atoms. The minimum Gasteiger partial charge on any atom is -0.444 e. The number of hydrogen-bond acceptors (Lipinski definition) is 3. The van der Waals surface area contributed by atoms with E-state index < -0.39 is 11.4 Å². The molecule has 0 saturated carbocycles. The van der Waals surface area contributed by atoms with E-state index >= 15 is 0 Å². The van der Waals surface area contributed by atoms with E-state index in [0.717, 1.165) is 5.56 Å². The summed E-state index contributed by atoms with van der Waals surface area (Å²) in [4.78, 5) is 28.0. The number of ether oxygens (including phenoxy) is 1. The molecule has 1 fully saturated rings. The SMILES string of the molecule is Cc1cc(Br)c(F)cc1NC(=O)N1CCN(C(=O)OC(C)(C)C)C(C)C1. The Morgan fingerprint density at radius 2 is 1.96 bits per heavy atom. The minimum atomic E-state index is -0.561. The van der Waals surface area contributed by atoms with Crippen molar-refractivity contribution in [1.29, 1.82) is 0 Å². The lowest BCUT2D eigenvalue weighted by molar-refractivity contribution is 0.00589. The van der Waals surface area contributed by atoms with Gasteiger partial charge in [-0.2, -0.15) is 0 Å². The van der Waals surface area contributed by atoms with Gasteiger partial charge in [-0.1, -0.05) is 0 Å². The summed E-state index contributed by atoms with van der Waals surface area (Å²) >= 11 is 3.12. The number of nitrogens with zero attached hydrogens (tertiary/aromatic N) is 2. The van der Waals surface area contributed by atoms with Crippen molar-refractivity contribution < 1.29 is 18.7 Å². The van der Waals surface area contributed by atoms with Crippen LogP contribution in [0.3, 0.4) is 0 Å². The highest BCUT2D eigenvalue weighted by molar-refractivity contribution is 9.10. The Bertz CT molecular complexity index is 706. The van der Waals surface area contributed by atoms with Gasteiger partial charge in [0.25, 0.3) is 0 Å². The van der Waals surface area contributed by atoms with Crippen molar-refractivity contribution in [3.05, 3.63) is 28.0 Å². The monoisotopic (exact) mass is 429 g/mol. The molecule has 2 rings (SSSR count). The molecular formula is C18H25BrFN3O3. The number of aryl methyl sites for hydroxylation is 1. The van der Waals surface area contributed by atoms with Crippen LogP contribution in [0.15, 0.2) is 16.6 Å². The van der Waals surface area contributed by atoms with Gasteiger partial charge < -0.3 is 19.9 Å². The highest BCUT2D eigenvalue weighted by atomic mass is 79.9. The van der Waals surface area contributed by atoms with Crippen molar-refractivity contribution in [1.82, 2.24) is 9.80 Å². The average molecular weight is 430 g/mol. The van der Waals surface area contributed by atoms with Crippen molar-refractivity contribution >= 4 is 33.7 Å². The van der Waals surface area contributed by atoms with E-state index in [4.69, 9.17) is 4.74 Å². The van der Waals surface area contributed by atoms with Crippen molar-refractivity contribution in [2.24, 2.45) is 0 Å². The van der Waals surface area contributed by atoms with Crippen LogP contribution in [0.25, 0.3) is 0 Å². The maximum atomic E-state index is 13.7. The number of benzene rings is 1. The maximum Gasteiger partial charge on any atom is 0.410 e. The second-order valence-corrected chi connectivity index (χ2v) is 8.33. The van der Waals surface area contributed by atoms with Gasteiger partial charge in [-0.15, -0.1) is 0 Å². The number of urea groups is 1. The zero-order chi connectivity index (χ0) is 19.6. The lowest BCUT2D eigenvalue weighted by Crippen LogP contribution is -2.57. The molecule has 1 aliphatic heterocycles. The second kappa shape index (κ2) is 7.82. The van der Waals surface area contributed by atoms with Gasteiger partial charge in [-0.3, -0.25) is 0 Å². The summed E-state index contributed by atoms with van der Waals surface area (Å²) in [7, 11) is 0. The number of nitrogens with one attached hydrogen (secondary N) is 1. The molecule has 0 aliphatic carbocycles. The highest BCUT2D eigenvalue weighted by Gasteiger charge is 2.32. The van der Waals surface area contributed by atoms with Crippen molar-refractivity contribution in [2.45, 2.75) is 46.3 Å². The number of amides is 3. The first-order valence-electron chi connectivity index (χ1n) is 8.49. The van der Waals surface area contributed by atoms with E-state index in [1.807, 2.05) is 27.7 Å². The topological polar surface area (TPSA) is 61.9 Å². The quantitative estimate of drug-likeness (QED) is 0.720. The van der Waals surface area contributed by atoms with E-state index in [-0.39, 0.29) is 18.2 Å². The summed E-state index contributed by atoms with van der Waals surface area (Å²) in [6.07, 6.45) is -0.379. The molecule has 3 amide bonds. The van der Waals surface area contributed by atoms with Gasteiger partial charge in [0.1, 0.15) is 11.4 Å². The Morgan fingerprint density at radius 1 is 1.31 bits per heavy atom. The first-order chi connectivity index (χ1) is 12.0. The van der Waals surface area contributed by atoms with Crippen LogP contribution in [0.4, 0.5) is 19.7 Å². The summed E-state index contributed by atoms with van der Waals surface area (Å²) in [6, 6.07) is 2.42. The van der Waals surface area contributed by atoms with Gasteiger partial charge in [-0.25, -0.2) is 14.0 Å². The minimum absolute atomic E-state index is 0.174. The summed E-state index contributed by atoms with van der Waals surface area (Å²) in [6.45, 7) is 10.3. The van der Waals surface area contributed by atoms with Gasteiger partial charge in [0, 0.05) is 31.4 Å². The fourth-order valence-electron chi connectivity index (χ4n) is 2.71. The van der Waals surface area contributed by atoms with E-state index in [2.05, 4.69) is 21.2 Å². The molecule has 1 aromatic rings. The second-order valence-electron chi connectivity index (χ2n) is 7.48. The fourth-order valence-corrected chi connectivity index (χ4v) is 3.17. The van der Waals surface area contributed by atoms with Crippen LogP contribution in [-0.2, 0) is 4.74 Å². The van der Waals surface area contributed by atoms with Gasteiger partial charge in [0.2, 0.25) is 0 Å². The molecule has 1 heterocycles. The first-order valence-corrected chi connectivity index (χ1v) is 9.28. The third-order valence-electron chi connectivity index (χ3n) is 4.05. The smallest absolute Gasteiger partial charge is 0.410 e. The molecular weight excluding hydrogens is 405 g/mol. The zero-order valence-corrected chi connectivity index (χ0v) is 17.3. The molecule has 1 N–H and O–H groups in total. The highest BCUT2D eigenvalue weighted by Crippen LogP contribution is 2.24. The molecule has 0 radical (unpaired) electrons. The predicted molar refractivity (Wildman–Crippen MR) is 102 cm³/mol. The molecule has 8 heteroatoms. The molecule has 1 aliphatic rings. The van der Waals surface area contributed by atoms with Crippen LogP contribution < -0.4 is 5.32 Å². The summed E-state index contributed by atoms with van der Waals surface area (Å²) in [5.41, 5.74) is 0.624. The van der Waals surface area contributed by atoms with Crippen LogP contribution in [0.2, 0.25) is 0 Å². The molecule has 0 spiro atoms. The van der Waals surface area contributed by atoms with Gasteiger partial charge in [0.15, 0.2) is 0 Å². The lowest BCUT2D eigenvalue weighted by Gasteiger charge is -2.40. The Morgan fingerprint density at radius 3 is 2.54 bits per heavy atom. The fraction of sp³-hybridized carbons (Fsp3) is 0.556. The van der Waals surface area contributed by atoms with Crippen molar-refractivity contribution in [3.8, 4) is 0 Å². The Balaban J connectivity index is 1.99. The van der Waals surface area contributed by atoms with E-state index in [0.29, 0.717) is 29.8 Å². The molecule has 0 bridgehead atoms. The van der Waals surface area contributed by atoms with Crippen LogP contribution >= 0.6 is 15.9 Å². The Kier molecular flexibility index (Phi) is 6.16. The largest absolute Gasteiger partial charge is 0.444 e. The summed E-state index contributed by atoms with van der Waals surface area (Å²) in [5.74, 6) is -0.436. The van der Waals surface area contributed by atoms with E-state index in [9.17, 15) is 14.0 Å². The number of hydrogen-bond donors (Lipinski definition) is 1. The third-order valence-corrected chi connectivity index (χ3v) is 4.66. The summed E-state index contributed by atoms with van der Waals surface area (Å²) in [5, 5.41) is 2.74. The zero-order valence-electron chi connectivity index (χ0n) is 15.7. The van der Waals surface area contributed by atoms with Gasteiger partial charge >= 0.3 is 12.1 Å². The van der Waals surface area contributed by atoms with Crippen molar-refractivity contribution in [3.63, 3.8) is 0 Å². The number of carbonyl (C=O) groups is 2. The molecule has 1 saturated heterocycles. The number of carbonyl (C=O) groups excluding carboxylic acids is 2. The molecule has 6 nitrogen and oxygen atoms in total. The molecule has 1 aromatic carbocycles. The Hall–Kier alpha value is -1.83. The maximum absolute atomic E-state index is 13.7. The van der Waals surface area contributed by atoms with Crippen LogP contribution in [0, 0.1) is 12.7 Å². The van der Waals surface area contributed by atoms with Crippen LogP contribution in [-0.4, -0.2) is 53.2 Å². The van der Waals surface area contributed by atoms with E-state index in [1.54, 1.807) is 22.8 Å². The average Bonchev–Trinajstić information content (AvgIpc) is 2.50. The lowest BCUT2D eigenvalue weighted by atomic mass is 10.2. The normalized spacial score (nSPS) is 17.9. The first kappa shape index (κ1) is 20.5. The molecule has 0 aromatic heterocycles. The number of rotatable bonds is 1. The standard InChI is InChI=1S/C18H25BrFN3O3/c1-11-8-13(19)14(20)9-15(11)21-16(24)22-6-7-23(12(2)10-22)17(25)26-18(3,4)5/h8-9,12H,6-7,10H2,1-5H3,(H,21,24). The molecule has 1 unspecified atom stereocenters. The van der Waals surface area contributed by atoms with Crippen molar-refractivity contribution in [2.75, 3.05) is 25.0 Å². The van der Waals surface area contributed by atoms with Crippen LogP contribution in [0.5, 0.6) is 0 Å². The predicted octanol–water partition coefficient (Wildman–Crippen LogP) is 4.37. The third kappa shape index (κ3) is 5.09. The molecule has 1 atom stereocenters. The molecule has 144 valence electrons. The van der Waals surface area contributed by atoms with E-state index in [1.165, 1.54) is 6.07 Å². The van der Waals surface area contributed by atoms with Gasteiger partial charge in [-0.05, 0) is 68.2 Å².